The molecule has 0 aromatic rings. The first kappa shape index (κ1) is 11.4. The van der Waals surface area contributed by atoms with Gasteiger partial charge in [0.1, 0.15) is 0 Å². The molecule has 4 N–H and O–H groups in total. The predicted molar refractivity (Wildman–Crippen MR) is 51.6 cm³/mol. The monoisotopic (exact) mass is 202 g/mol. The fourth-order valence-corrected chi connectivity index (χ4v) is 1.43. The van der Waals surface area contributed by atoms with Gasteiger partial charge in [0.25, 0.3) is 0 Å². The largest absolute Gasteiger partial charge is 0.394 e. The Balaban J connectivity index is 2.40. The molecule has 0 aromatic carbocycles. The third-order valence-corrected chi connectivity index (χ3v) is 2.52. The van der Waals surface area contributed by atoms with Crippen molar-refractivity contribution in [1.29, 1.82) is 0 Å². The van der Waals surface area contributed by atoms with Gasteiger partial charge >= 0.3 is 0 Å². The van der Waals surface area contributed by atoms with Crippen molar-refractivity contribution in [1.82, 2.24) is 5.32 Å². The number of rotatable bonds is 4. The van der Waals surface area contributed by atoms with E-state index < -0.39 is 0 Å². The maximum Gasteiger partial charge on any atom is 0.227 e. The van der Waals surface area contributed by atoms with E-state index in [0.717, 1.165) is 0 Å². The highest BCUT2D eigenvalue weighted by Gasteiger charge is 2.31. The zero-order valence-corrected chi connectivity index (χ0v) is 8.40. The van der Waals surface area contributed by atoms with E-state index in [4.69, 9.17) is 15.6 Å². The van der Waals surface area contributed by atoms with Crippen LogP contribution < -0.4 is 11.1 Å². The number of aliphatic hydroxyl groups excluding tert-OH is 1. The molecule has 1 fully saturated rings. The lowest BCUT2D eigenvalue weighted by atomic mass is 10.0. The molecule has 2 unspecified atom stereocenters. The summed E-state index contributed by atoms with van der Waals surface area (Å²) in [6.45, 7) is 2.69. The van der Waals surface area contributed by atoms with E-state index in [0.29, 0.717) is 19.6 Å². The normalized spacial score (nSPS) is 28.8. The van der Waals surface area contributed by atoms with Crippen LogP contribution in [0.3, 0.4) is 0 Å². The van der Waals surface area contributed by atoms with Gasteiger partial charge in [0.2, 0.25) is 5.91 Å². The van der Waals surface area contributed by atoms with Gasteiger partial charge in [-0.25, -0.2) is 0 Å². The lowest BCUT2D eigenvalue weighted by Crippen LogP contribution is -2.46. The lowest BCUT2D eigenvalue weighted by molar-refractivity contribution is -0.126. The number of nitrogens with two attached hydrogens (primary N) is 1. The van der Waals surface area contributed by atoms with Crippen LogP contribution in [0, 0.1) is 5.92 Å². The molecule has 82 valence electrons. The molecule has 1 aliphatic heterocycles. The molecule has 0 aromatic heterocycles. The Labute approximate surface area is 83.6 Å². The van der Waals surface area contributed by atoms with Crippen LogP contribution in [0.1, 0.15) is 13.3 Å². The molecule has 1 rings (SSSR count). The molecule has 0 saturated carbocycles. The highest BCUT2D eigenvalue weighted by atomic mass is 16.5. The van der Waals surface area contributed by atoms with Gasteiger partial charge in [-0.05, 0) is 6.42 Å². The number of carbonyl (C=O) groups excluding carboxylic acids is 1. The first-order valence-electron chi connectivity index (χ1n) is 4.93. The summed E-state index contributed by atoms with van der Waals surface area (Å²) < 4.78 is 5.09. The number of carbonyl (C=O) groups is 1. The summed E-state index contributed by atoms with van der Waals surface area (Å²) >= 11 is 0. The third kappa shape index (κ3) is 2.67. The van der Waals surface area contributed by atoms with Gasteiger partial charge in [-0.2, -0.15) is 0 Å². The molecule has 1 amide bonds. The molecule has 0 radical (unpaired) electrons. The van der Waals surface area contributed by atoms with Gasteiger partial charge in [-0.15, -0.1) is 0 Å². The Morgan fingerprint density at radius 3 is 2.86 bits per heavy atom. The first-order chi connectivity index (χ1) is 6.69. The van der Waals surface area contributed by atoms with E-state index in [2.05, 4.69) is 5.32 Å². The summed E-state index contributed by atoms with van der Waals surface area (Å²) in [7, 11) is 0. The molecular weight excluding hydrogens is 184 g/mol. The molecule has 1 saturated heterocycles. The van der Waals surface area contributed by atoms with Gasteiger partial charge in [0, 0.05) is 6.04 Å². The van der Waals surface area contributed by atoms with Crippen LogP contribution in [0.5, 0.6) is 0 Å². The fraction of sp³-hybridized carbons (Fsp3) is 0.889. The van der Waals surface area contributed by atoms with Crippen molar-refractivity contribution in [2.24, 2.45) is 11.7 Å². The highest BCUT2D eigenvalue weighted by Crippen LogP contribution is 2.11. The molecule has 1 aliphatic rings. The van der Waals surface area contributed by atoms with Crippen molar-refractivity contribution in [3.8, 4) is 0 Å². The lowest BCUT2D eigenvalue weighted by Gasteiger charge is -2.18. The first-order valence-corrected chi connectivity index (χ1v) is 4.93. The molecule has 5 nitrogen and oxygen atoms in total. The van der Waals surface area contributed by atoms with Crippen LogP contribution in [-0.2, 0) is 9.53 Å². The summed E-state index contributed by atoms with van der Waals surface area (Å²) in [6, 6.07) is -0.388. The van der Waals surface area contributed by atoms with Gasteiger partial charge in [-0.1, -0.05) is 6.92 Å². The van der Waals surface area contributed by atoms with Crippen molar-refractivity contribution in [3.05, 3.63) is 0 Å². The number of ether oxygens (including phenoxy) is 1. The molecular formula is C9H18N2O3. The predicted octanol–water partition coefficient (Wildman–Crippen LogP) is -1.15. The van der Waals surface area contributed by atoms with Gasteiger partial charge < -0.3 is 20.9 Å². The van der Waals surface area contributed by atoms with E-state index in [1.165, 1.54) is 0 Å². The third-order valence-electron chi connectivity index (χ3n) is 2.52. The Morgan fingerprint density at radius 1 is 1.71 bits per heavy atom. The van der Waals surface area contributed by atoms with Gasteiger partial charge in [-0.3, -0.25) is 4.79 Å². The summed E-state index contributed by atoms with van der Waals surface area (Å²) in [5.41, 5.74) is 5.69. The van der Waals surface area contributed by atoms with Crippen LogP contribution in [0.15, 0.2) is 0 Å². The molecule has 14 heavy (non-hydrogen) atoms. The van der Waals surface area contributed by atoms with Crippen LogP contribution >= 0.6 is 0 Å². The average Bonchev–Trinajstić information content (AvgIpc) is 2.60. The number of hydrogen-bond donors (Lipinski definition) is 3. The molecule has 0 aliphatic carbocycles. The van der Waals surface area contributed by atoms with Crippen LogP contribution in [0.2, 0.25) is 0 Å². The Hall–Kier alpha value is -0.650. The summed E-state index contributed by atoms with van der Waals surface area (Å²) in [5.74, 6) is -0.383. The van der Waals surface area contributed by atoms with Crippen molar-refractivity contribution < 1.29 is 14.6 Å². The second-order valence-electron chi connectivity index (χ2n) is 3.60. The van der Waals surface area contributed by atoms with Crippen LogP contribution in [0.4, 0.5) is 0 Å². The molecule has 0 bridgehead atoms. The second kappa shape index (κ2) is 5.29. The van der Waals surface area contributed by atoms with Crippen molar-refractivity contribution in [2.45, 2.75) is 25.4 Å². The molecule has 5 heteroatoms. The Bertz CT molecular complexity index is 194. The van der Waals surface area contributed by atoms with Crippen LogP contribution in [-0.4, -0.2) is 42.9 Å². The van der Waals surface area contributed by atoms with Gasteiger partial charge in [0.15, 0.2) is 0 Å². The van der Waals surface area contributed by atoms with Crippen molar-refractivity contribution >= 4 is 5.91 Å². The second-order valence-corrected chi connectivity index (χ2v) is 3.60. The Morgan fingerprint density at radius 2 is 2.43 bits per heavy atom. The van der Waals surface area contributed by atoms with Crippen molar-refractivity contribution in [3.63, 3.8) is 0 Å². The fourth-order valence-electron chi connectivity index (χ4n) is 1.43. The van der Waals surface area contributed by atoms with Crippen LogP contribution in [0.25, 0.3) is 0 Å². The van der Waals surface area contributed by atoms with E-state index in [1.54, 1.807) is 0 Å². The zero-order valence-electron chi connectivity index (χ0n) is 8.40. The quantitative estimate of drug-likeness (QED) is 0.537. The number of nitrogens with one attached hydrogen (secondary N) is 1. The van der Waals surface area contributed by atoms with E-state index in [9.17, 15) is 4.79 Å². The maximum atomic E-state index is 11.6. The molecule has 1 heterocycles. The van der Waals surface area contributed by atoms with E-state index in [-0.39, 0.29) is 30.5 Å². The zero-order chi connectivity index (χ0) is 10.6. The smallest absolute Gasteiger partial charge is 0.227 e. The average molecular weight is 202 g/mol. The molecule has 0 spiro atoms. The van der Waals surface area contributed by atoms with E-state index in [1.807, 2.05) is 6.92 Å². The highest BCUT2D eigenvalue weighted by molar-refractivity contribution is 5.80. The van der Waals surface area contributed by atoms with Gasteiger partial charge in [0.05, 0.1) is 31.8 Å². The minimum Gasteiger partial charge on any atom is -0.394 e. The topological polar surface area (TPSA) is 84.6 Å². The molecule has 3 atom stereocenters. The SMILES string of the molecule is CC[C@@H](CO)NC(=O)C1COCC1N. The standard InChI is InChI=1S/C9H18N2O3/c1-2-6(3-12)11-9(13)7-4-14-5-8(7)10/h6-8,12H,2-5,10H2,1H3,(H,11,13)/t6-,7?,8?/m0/s1. The summed E-state index contributed by atoms with van der Waals surface area (Å²) in [6.07, 6.45) is 0.713. The number of aliphatic hydroxyl groups is 1. The minimum absolute atomic E-state index is 0.0367. The Kier molecular flexibility index (Phi) is 4.31. The number of hydrogen-bond acceptors (Lipinski definition) is 4. The maximum absolute atomic E-state index is 11.6. The summed E-state index contributed by atoms with van der Waals surface area (Å²) in [5, 5.41) is 11.6. The van der Waals surface area contributed by atoms with E-state index >= 15 is 0 Å². The minimum atomic E-state index is -0.268. The summed E-state index contributed by atoms with van der Waals surface area (Å²) in [4.78, 5) is 11.6. The van der Waals surface area contributed by atoms with Crippen molar-refractivity contribution in [2.75, 3.05) is 19.8 Å². The number of amides is 1.